The Morgan fingerprint density at radius 1 is 1.57 bits per heavy atom. The van der Waals surface area contributed by atoms with Crippen molar-refractivity contribution in [2.45, 2.75) is 25.8 Å². The molecule has 14 heavy (non-hydrogen) atoms. The highest BCUT2D eigenvalue weighted by Gasteiger charge is 2.15. The molecule has 1 fully saturated rings. The fraction of sp³-hybridized carbons (Fsp3) is 0.778. The SMILES string of the molecule is CC(CN1CCCC1)n1cn[nH]c1=S. The van der Waals surface area contributed by atoms with E-state index >= 15 is 0 Å². The summed E-state index contributed by atoms with van der Waals surface area (Å²) in [5.74, 6) is 0. The van der Waals surface area contributed by atoms with Crippen LogP contribution in [0.15, 0.2) is 6.33 Å². The van der Waals surface area contributed by atoms with Crippen molar-refractivity contribution in [3.63, 3.8) is 0 Å². The maximum Gasteiger partial charge on any atom is 0.195 e. The van der Waals surface area contributed by atoms with Crippen LogP contribution in [0.3, 0.4) is 0 Å². The predicted molar refractivity (Wildman–Crippen MR) is 57.8 cm³/mol. The molecule has 1 aromatic heterocycles. The van der Waals surface area contributed by atoms with E-state index in [2.05, 4.69) is 22.0 Å². The fourth-order valence-corrected chi connectivity index (χ4v) is 2.28. The van der Waals surface area contributed by atoms with Gasteiger partial charge >= 0.3 is 0 Å². The molecule has 4 nitrogen and oxygen atoms in total. The number of nitrogens with zero attached hydrogens (tertiary/aromatic N) is 3. The third kappa shape index (κ3) is 2.04. The first-order chi connectivity index (χ1) is 6.77. The number of aromatic nitrogens is 3. The second-order valence-electron chi connectivity index (χ2n) is 3.93. The van der Waals surface area contributed by atoms with Gasteiger partial charge in [0.15, 0.2) is 4.77 Å². The molecule has 0 spiro atoms. The van der Waals surface area contributed by atoms with Crippen molar-refractivity contribution in [1.82, 2.24) is 19.7 Å². The highest BCUT2D eigenvalue weighted by Crippen LogP contribution is 2.13. The number of likely N-dealkylation sites (tertiary alicyclic amines) is 1. The number of hydrogen-bond donors (Lipinski definition) is 1. The summed E-state index contributed by atoms with van der Waals surface area (Å²) in [5, 5.41) is 6.72. The van der Waals surface area contributed by atoms with Gasteiger partial charge in [-0.3, -0.25) is 5.10 Å². The van der Waals surface area contributed by atoms with E-state index in [1.807, 2.05) is 4.57 Å². The average molecular weight is 212 g/mol. The molecule has 0 bridgehead atoms. The summed E-state index contributed by atoms with van der Waals surface area (Å²) in [5.41, 5.74) is 0. The minimum atomic E-state index is 0.416. The zero-order valence-electron chi connectivity index (χ0n) is 8.44. The van der Waals surface area contributed by atoms with Crippen LogP contribution >= 0.6 is 12.2 Å². The summed E-state index contributed by atoms with van der Waals surface area (Å²) >= 11 is 5.13. The van der Waals surface area contributed by atoms with Gasteiger partial charge in [-0.15, -0.1) is 0 Å². The Morgan fingerprint density at radius 2 is 2.29 bits per heavy atom. The van der Waals surface area contributed by atoms with Gasteiger partial charge in [-0.1, -0.05) is 0 Å². The van der Waals surface area contributed by atoms with Crippen LogP contribution in [-0.2, 0) is 0 Å². The van der Waals surface area contributed by atoms with E-state index in [9.17, 15) is 0 Å². The molecular weight excluding hydrogens is 196 g/mol. The minimum Gasteiger partial charge on any atom is -0.303 e. The van der Waals surface area contributed by atoms with Gasteiger partial charge in [-0.2, -0.15) is 5.10 Å². The zero-order chi connectivity index (χ0) is 9.97. The van der Waals surface area contributed by atoms with Gasteiger partial charge in [0.05, 0.1) is 0 Å². The Hall–Kier alpha value is -0.680. The topological polar surface area (TPSA) is 36.9 Å². The van der Waals surface area contributed by atoms with Gasteiger partial charge in [0.2, 0.25) is 0 Å². The number of rotatable bonds is 3. The van der Waals surface area contributed by atoms with Crippen molar-refractivity contribution < 1.29 is 0 Å². The molecular formula is C9H16N4S. The Labute approximate surface area is 88.9 Å². The number of nitrogens with one attached hydrogen (secondary N) is 1. The predicted octanol–water partition coefficient (Wildman–Crippen LogP) is 1.60. The van der Waals surface area contributed by atoms with Gasteiger partial charge < -0.3 is 9.47 Å². The lowest BCUT2D eigenvalue weighted by atomic mass is 10.3. The monoisotopic (exact) mass is 212 g/mol. The van der Waals surface area contributed by atoms with Crippen molar-refractivity contribution in [2.75, 3.05) is 19.6 Å². The summed E-state index contributed by atoms with van der Waals surface area (Å²) in [7, 11) is 0. The second-order valence-corrected chi connectivity index (χ2v) is 4.31. The first-order valence-electron chi connectivity index (χ1n) is 5.11. The Bertz CT molecular complexity index is 337. The fourth-order valence-electron chi connectivity index (χ4n) is 2.00. The van der Waals surface area contributed by atoms with Crippen LogP contribution in [0.1, 0.15) is 25.8 Å². The van der Waals surface area contributed by atoms with E-state index in [0.29, 0.717) is 6.04 Å². The summed E-state index contributed by atoms with van der Waals surface area (Å²) in [4.78, 5) is 2.49. The Morgan fingerprint density at radius 3 is 2.86 bits per heavy atom. The molecule has 78 valence electrons. The molecule has 0 saturated carbocycles. The first kappa shape index (κ1) is 9.86. The van der Waals surface area contributed by atoms with Crippen molar-refractivity contribution in [1.29, 1.82) is 0 Å². The molecule has 0 aromatic carbocycles. The van der Waals surface area contributed by atoms with Gasteiger partial charge in [-0.25, -0.2) is 0 Å². The lowest BCUT2D eigenvalue weighted by molar-refractivity contribution is 0.286. The van der Waals surface area contributed by atoms with Crippen molar-refractivity contribution in [2.24, 2.45) is 0 Å². The molecule has 1 N–H and O–H groups in total. The molecule has 1 aromatic rings. The van der Waals surface area contributed by atoms with Gasteiger partial charge in [-0.05, 0) is 45.1 Å². The molecule has 1 unspecified atom stereocenters. The molecule has 1 saturated heterocycles. The Balaban J connectivity index is 1.98. The quantitative estimate of drug-likeness (QED) is 0.773. The molecule has 2 heterocycles. The van der Waals surface area contributed by atoms with E-state index < -0.39 is 0 Å². The summed E-state index contributed by atoms with van der Waals surface area (Å²) in [6, 6.07) is 0.416. The maximum absolute atomic E-state index is 5.13. The molecule has 5 heteroatoms. The summed E-state index contributed by atoms with van der Waals surface area (Å²) in [6.45, 7) is 5.72. The smallest absolute Gasteiger partial charge is 0.195 e. The van der Waals surface area contributed by atoms with Crippen LogP contribution < -0.4 is 0 Å². The maximum atomic E-state index is 5.13. The number of H-pyrrole nitrogens is 1. The lowest BCUT2D eigenvalue weighted by Gasteiger charge is -2.20. The van der Waals surface area contributed by atoms with Gasteiger partial charge in [0.25, 0.3) is 0 Å². The molecule has 0 aliphatic carbocycles. The van der Waals surface area contributed by atoms with Gasteiger partial charge in [0, 0.05) is 12.6 Å². The highest BCUT2D eigenvalue weighted by atomic mass is 32.1. The highest BCUT2D eigenvalue weighted by molar-refractivity contribution is 7.71. The Kier molecular flexibility index (Phi) is 2.98. The zero-order valence-corrected chi connectivity index (χ0v) is 9.26. The first-order valence-corrected chi connectivity index (χ1v) is 5.52. The lowest BCUT2D eigenvalue weighted by Crippen LogP contribution is -2.26. The average Bonchev–Trinajstić information content (AvgIpc) is 2.75. The molecule has 1 aliphatic heterocycles. The summed E-state index contributed by atoms with van der Waals surface area (Å²) < 4.78 is 2.74. The third-order valence-electron chi connectivity index (χ3n) is 2.77. The van der Waals surface area contributed by atoms with E-state index in [1.165, 1.54) is 25.9 Å². The van der Waals surface area contributed by atoms with E-state index in [1.54, 1.807) is 6.33 Å². The largest absolute Gasteiger partial charge is 0.303 e. The number of aromatic amines is 1. The van der Waals surface area contributed by atoms with Crippen LogP contribution in [0.4, 0.5) is 0 Å². The molecule has 0 amide bonds. The second kappa shape index (κ2) is 4.23. The van der Waals surface area contributed by atoms with Crippen LogP contribution in [0.2, 0.25) is 0 Å². The molecule has 0 radical (unpaired) electrons. The van der Waals surface area contributed by atoms with E-state index in [0.717, 1.165) is 11.3 Å². The van der Waals surface area contributed by atoms with Crippen molar-refractivity contribution >= 4 is 12.2 Å². The standard InChI is InChI=1S/C9H16N4S/c1-8(6-12-4-2-3-5-12)13-7-10-11-9(13)14/h7-8H,2-6H2,1H3,(H,11,14). The minimum absolute atomic E-state index is 0.416. The molecule has 1 atom stereocenters. The number of hydrogen-bond acceptors (Lipinski definition) is 3. The molecule has 2 rings (SSSR count). The third-order valence-corrected chi connectivity index (χ3v) is 3.07. The molecule has 1 aliphatic rings. The normalized spacial score (nSPS) is 20.1. The van der Waals surface area contributed by atoms with Crippen LogP contribution in [0, 0.1) is 4.77 Å². The van der Waals surface area contributed by atoms with Gasteiger partial charge in [0.1, 0.15) is 6.33 Å². The van der Waals surface area contributed by atoms with E-state index in [-0.39, 0.29) is 0 Å². The summed E-state index contributed by atoms with van der Waals surface area (Å²) in [6.07, 6.45) is 4.45. The van der Waals surface area contributed by atoms with Crippen LogP contribution in [-0.4, -0.2) is 39.3 Å². The van der Waals surface area contributed by atoms with Crippen molar-refractivity contribution in [3.8, 4) is 0 Å². The van der Waals surface area contributed by atoms with E-state index in [4.69, 9.17) is 12.2 Å². The van der Waals surface area contributed by atoms with Crippen molar-refractivity contribution in [3.05, 3.63) is 11.1 Å². The van der Waals surface area contributed by atoms with Crippen LogP contribution in [0.25, 0.3) is 0 Å². The van der Waals surface area contributed by atoms with Crippen LogP contribution in [0.5, 0.6) is 0 Å².